The monoisotopic (exact) mass is 804 g/mol. The number of benzene rings is 4. The van der Waals surface area contributed by atoms with Gasteiger partial charge < -0.3 is 40.2 Å². The van der Waals surface area contributed by atoms with Gasteiger partial charge in [0.15, 0.2) is 0 Å². The minimum absolute atomic E-state index is 0.0668. The summed E-state index contributed by atoms with van der Waals surface area (Å²) >= 11 is 0. The van der Waals surface area contributed by atoms with Crippen molar-refractivity contribution in [3.05, 3.63) is 132 Å². The zero-order valence-electron chi connectivity index (χ0n) is 34.2. The summed E-state index contributed by atoms with van der Waals surface area (Å²) in [6, 6.07) is 33.0. The number of amides is 2. The van der Waals surface area contributed by atoms with Crippen molar-refractivity contribution in [1.82, 2.24) is 21.3 Å². The summed E-state index contributed by atoms with van der Waals surface area (Å²) in [6.07, 6.45) is 1.98. The van der Waals surface area contributed by atoms with Crippen LogP contribution in [-0.4, -0.2) is 88.8 Å². The Morgan fingerprint density at radius 2 is 0.932 bits per heavy atom. The standard InChI is InChI=1S/C24H30N2O4.C23H26N2O4/c1-24(2,3)30-23(28)26-14-8-13-25-15-22(27)29-16-21-19-11-6-4-9-17(19)18-10-5-7-12-20(18)21;1-2-14-28-23(27)25-13-7-12-24-15-22(26)29-16-21-19-10-5-3-8-17(19)18-9-4-6-11-20(18)21/h4-7,9-12,21,25H,8,13-16H2,1-3H3,(H,26,28);2-6,8-11,21,24H,1,7,12-16H2,(H,25,27). The largest absolute Gasteiger partial charge is 0.464 e. The van der Waals surface area contributed by atoms with Crippen molar-refractivity contribution in [2.75, 3.05) is 59.1 Å². The van der Waals surface area contributed by atoms with Crippen LogP contribution in [-0.2, 0) is 28.5 Å². The quantitative estimate of drug-likeness (QED) is 0.0355. The first-order valence-electron chi connectivity index (χ1n) is 20.1. The molecule has 4 aromatic rings. The van der Waals surface area contributed by atoms with Gasteiger partial charge in [-0.1, -0.05) is 110 Å². The van der Waals surface area contributed by atoms with Gasteiger partial charge in [-0.05, 0) is 91.2 Å². The van der Waals surface area contributed by atoms with Gasteiger partial charge in [-0.15, -0.1) is 0 Å². The van der Waals surface area contributed by atoms with E-state index in [0.717, 1.165) is 0 Å². The summed E-state index contributed by atoms with van der Waals surface area (Å²) in [7, 11) is 0. The molecule has 0 heterocycles. The van der Waals surface area contributed by atoms with Crippen molar-refractivity contribution in [2.24, 2.45) is 0 Å². The van der Waals surface area contributed by atoms with Gasteiger partial charge in [0.05, 0.1) is 13.1 Å². The highest BCUT2D eigenvalue weighted by Crippen LogP contribution is 2.45. The molecule has 2 aliphatic rings. The van der Waals surface area contributed by atoms with Crippen molar-refractivity contribution >= 4 is 24.1 Å². The Balaban J connectivity index is 0.000000224. The van der Waals surface area contributed by atoms with Crippen LogP contribution in [0.1, 0.15) is 67.7 Å². The van der Waals surface area contributed by atoms with Gasteiger partial charge in [0.2, 0.25) is 0 Å². The molecular weight excluding hydrogens is 749 g/mol. The van der Waals surface area contributed by atoms with Gasteiger partial charge in [0, 0.05) is 24.9 Å². The predicted octanol–water partition coefficient (Wildman–Crippen LogP) is 7.08. The van der Waals surface area contributed by atoms with Crippen LogP contribution in [0.2, 0.25) is 0 Å². The zero-order valence-corrected chi connectivity index (χ0v) is 34.2. The highest BCUT2D eigenvalue weighted by Gasteiger charge is 2.30. The molecule has 6 rings (SSSR count). The van der Waals surface area contributed by atoms with Crippen molar-refractivity contribution in [3.8, 4) is 22.3 Å². The van der Waals surface area contributed by atoms with Gasteiger partial charge in [0.25, 0.3) is 0 Å². The Morgan fingerprint density at radius 3 is 1.31 bits per heavy atom. The molecule has 0 unspecified atom stereocenters. The number of ether oxygens (including phenoxy) is 4. The fourth-order valence-electron chi connectivity index (χ4n) is 7.02. The number of carbonyl (C=O) groups is 4. The topological polar surface area (TPSA) is 153 Å². The van der Waals surface area contributed by atoms with E-state index < -0.39 is 17.8 Å². The second kappa shape index (κ2) is 22.2. The molecule has 4 N–H and O–H groups in total. The average molecular weight is 805 g/mol. The molecule has 0 saturated heterocycles. The van der Waals surface area contributed by atoms with E-state index in [1.807, 2.05) is 69.3 Å². The number of hydrogen-bond acceptors (Lipinski definition) is 10. The summed E-state index contributed by atoms with van der Waals surface area (Å²) in [5, 5.41) is 11.4. The molecule has 4 aromatic carbocycles. The number of esters is 2. The highest BCUT2D eigenvalue weighted by atomic mass is 16.6. The first-order valence-corrected chi connectivity index (χ1v) is 20.1. The fourth-order valence-corrected chi connectivity index (χ4v) is 7.02. The normalized spacial score (nSPS) is 12.4. The van der Waals surface area contributed by atoms with Crippen LogP contribution in [0.25, 0.3) is 22.3 Å². The summed E-state index contributed by atoms with van der Waals surface area (Å²) < 4.78 is 21.0. The van der Waals surface area contributed by atoms with Crippen LogP contribution in [0.5, 0.6) is 0 Å². The molecule has 12 nitrogen and oxygen atoms in total. The maximum Gasteiger partial charge on any atom is 0.407 e. The molecule has 0 saturated carbocycles. The van der Waals surface area contributed by atoms with Crippen molar-refractivity contribution in [2.45, 2.75) is 51.0 Å². The maximum atomic E-state index is 12.1. The SMILES string of the molecule is C=CCOC(=O)NCCCNCC(=O)OCC1c2ccccc2-c2ccccc21.CC(C)(C)OC(=O)NCCCNCC(=O)OCC1c2ccccc2-c2ccccc21. The van der Waals surface area contributed by atoms with Gasteiger partial charge in [0.1, 0.15) is 25.4 Å². The number of hydrogen-bond donors (Lipinski definition) is 4. The molecule has 59 heavy (non-hydrogen) atoms. The molecule has 0 fully saturated rings. The number of nitrogens with one attached hydrogen (secondary N) is 4. The van der Waals surface area contributed by atoms with E-state index in [1.165, 1.54) is 50.6 Å². The van der Waals surface area contributed by atoms with Gasteiger partial charge in [-0.2, -0.15) is 0 Å². The molecule has 0 radical (unpaired) electrons. The third kappa shape index (κ3) is 13.3. The Morgan fingerprint density at radius 1 is 0.559 bits per heavy atom. The number of alkyl carbamates (subject to hydrolysis) is 2. The molecule has 0 spiro atoms. The molecule has 312 valence electrons. The van der Waals surface area contributed by atoms with Crippen molar-refractivity contribution in [3.63, 3.8) is 0 Å². The molecule has 0 atom stereocenters. The van der Waals surface area contributed by atoms with E-state index in [0.29, 0.717) is 52.2 Å². The minimum Gasteiger partial charge on any atom is -0.464 e. The van der Waals surface area contributed by atoms with Crippen LogP contribution in [0.15, 0.2) is 110 Å². The van der Waals surface area contributed by atoms with Crippen LogP contribution in [0.4, 0.5) is 9.59 Å². The summed E-state index contributed by atoms with van der Waals surface area (Å²) in [4.78, 5) is 47.1. The highest BCUT2D eigenvalue weighted by molar-refractivity contribution is 5.80. The first kappa shape index (κ1) is 44.1. The van der Waals surface area contributed by atoms with E-state index in [2.05, 4.69) is 76.4 Å². The Kier molecular flexibility index (Phi) is 16.6. The van der Waals surface area contributed by atoms with E-state index in [-0.39, 0.29) is 43.5 Å². The van der Waals surface area contributed by atoms with Gasteiger partial charge >= 0.3 is 24.1 Å². The van der Waals surface area contributed by atoms with Crippen LogP contribution in [0.3, 0.4) is 0 Å². The second-order valence-corrected chi connectivity index (χ2v) is 15.1. The Hall–Kier alpha value is -5.98. The average Bonchev–Trinajstić information content (AvgIpc) is 3.72. The second-order valence-electron chi connectivity index (χ2n) is 15.1. The minimum atomic E-state index is -0.508. The predicted molar refractivity (Wildman–Crippen MR) is 228 cm³/mol. The first-order chi connectivity index (χ1) is 28.6. The van der Waals surface area contributed by atoms with Gasteiger partial charge in [-0.25, -0.2) is 9.59 Å². The van der Waals surface area contributed by atoms with Gasteiger partial charge in [-0.3, -0.25) is 9.59 Å². The number of rotatable bonds is 18. The van der Waals surface area contributed by atoms with Crippen LogP contribution < -0.4 is 21.3 Å². The van der Waals surface area contributed by atoms with Crippen molar-refractivity contribution in [1.29, 1.82) is 0 Å². The maximum absolute atomic E-state index is 12.1. The third-order valence-electron chi connectivity index (χ3n) is 9.62. The lowest BCUT2D eigenvalue weighted by Gasteiger charge is -2.19. The molecule has 12 heteroatoms. The smallest absolute Gasteiger partial charge is 0.407 e. The lowest BCUT2D eigenvalue weighted by Crippen LogP contribution is -2.34. The number of fused-ring (bicyclic) bond motifs is 6. The Bertz CT molecular complexity index is 1950. The number of carbonyl (C=O) groups excluding carboxylic acids is 4. The lowest BCUT2D eigenvalue weighted by atomic mass is 9.98. The zero-order chi connectivity index (χ0) is 42.0. The fraction of sp³-hybridized carbons (Fsp3) is 0.362. The summed E-state index contributed by atoms with van der Waals surface area (Å²) in [5.41, 5.74) is 9.14. The van der Waals surface area contributed by atoms with E-state index in [1.54, 1.807) is 0 Å². The molecule has 0 aliphatic heterocycles. The van der Waals surface area contributed by atoms with E-state index in [9.17, 15) is 19.2 Å². The molecule has 2 amide bonds. The Labute approximate surface area is 347 Å². The van der Waals surface area contributed by atoms with Crippen LogP contribution in [0, 0.1) is 0 Å². The summed E-state index contributed by atoms with van der Waals surface area (Å²) in [5.74, 6) is -0.432. The van der Waals surface area contributed by atoms with E-state index >= 15 is 0 Å². The molecular formula is C47H56N4O8. The van der Waals surface area contributed by atoms with Crippen LogP contribution >= 0.6 is 0 Å². The molecule has 0 bridgehead atoms. The van der Waals surface area contributed by atoms with E-state index in [4.69, 9.17) is 18.9 Å². The third-order valence-corrected chi connectivity index (χ3v) is 9.62. The lowest BCUT2D eigenvalue weighted by molar-refractivity contribution is -0.143. The molecule has 2 aliphatic carbocycles. The summed E-state index contributed by atoms with van der Waals surface area (Å²) in [6.45, 7) is 12.2. The molecule has 0 aromatic heterocycles. The van der Waals surface area contributed by atoms with Crippen molar-refractivity contribution < 1.29 is 38.1 Å².